The summed E-state index contributed by atoms with van der Waals surface area (Å²) >= 11 is 0. The average Bonchev–Trinajstić information content (AvgIpc) is 3.40. The Labute approximate surface area is 243 Å². The lowest BCUT2D eigenvalue weighted by Gasteiger charge is -2.21. The van der Waals surface area contributed by atoms with Gasteiger partial charge >= 0.3 is 12.1 Å². The molecule has 1 aliphatic rings. The maximum Gasteiger partial charge on any atom is 0.417 e. The van der Waals surface area contributed by atoms with Crippen LogP contribution in [0.2, 0.25) is 0 Å². The van der Waals surface area contributed by atoms with Crippen molar-refractivity contribution in [2.75, 3.05) is 12.4 Å². The molecule has 1 aromatic heterocycles. The number of aromatic nitrogens is 1. The Balaban J connectivity index is 1.72. The van der Waals surface area contributed by atoms with E-state index in [9.17, 15) is 36.3 Å². The van der Waals surface area contributed by atoms with Crippen molar-refractivity contribution in [1.82, 2.24) is 9.88 Å². The number of fused-ring (bicyclic) bond motifs is 1. The molecule has 43 heavy (non-hydrogen) atoms. The molecule has 4 rings (SSSR count). The van der Waals surface area contributed by atoms with Gasteiger partial charge < -0.3 is 24.7 Å². The molecular weight excluding hydrogens is 577 g/mol. The Morgan fingerprint density at radius 1 is 1.07 bits per heavy atom. The third-order valence-corrected chi connectivity index (χ3v) is 7.21. The lowest BCUT2D eigenvalue weighted by molar-refractivity contribution is -0.143. The number of rotatable bonds is 8. The molecule has 2 aromatic carbocycles. The van der Waals surface area contributed by atoms with Gasteiger partial charge in [-0.15, -0.1) is 0 Å². The molecule has 2 heterocycles. The van der Waals surface area contributed by atoms with Gasteiger partial charge in [-0.1, -0.05) is 12.1 Å². The highest BCUT2D eigenvalue weighted by molar-refractivity contribution is 5.97. The van der Waals surface area contributed by atoms with Gasteiger partial charge in [-0.25, -0.2) is 13.6 Å². The summed E-state index contributed by atoms with van der Waals surface area (Å²) in [5, 5.41) is 5.14. The fourth-order valence-corrected chi connectivity index (χ4v) is 5.06. The maximum atomic E-state index is 14.8. The van der Waals surface area contributed by atoms with E-state index in [2.05, 4.69) is 10.6 Å². The molecule has 0 spiro atoms. The van der Waals surface area contributed by atoms with Gasteiger partial charge in [-0.2, -0.15) is 13.2 Å². The smallest absolute Gasteiger partial charge is 0.417 e. The molecule has 3 aromatic rings. The zero-order valence-electron chi connectivity index (χ0n) is 24.0. The number of hydrogen-bond acceptors (Lipinski definition) is 6. The number of nitrogens with one attached hydrogen (secondary N) is 2. The van der Waals surface area contributed by atoms with Crippen LogP contribution in [0.15, 0.2) is 35.1 Å². The number of carbonyl (C=O) groups is 2. The van der Waals surface area contributed by atoms with Crippen LogP contribution in [0.5, 0.6) is 0 Å². The van der Waals surface area contributed by atoms with Crippen molar-refractivity contribution in [1.29, 1.82) is 0 Å². The summed E-state index contributed by atoms with van der Waals surface area (Å²) in [6, 6.07) is 4.03. The highest BCUT2D eigenvalue weighted by Crippen LogP contribution is 2.40. The number of pyridine rings is 1. The summed E-state index contributed by atoms with van der Waals surface area (Å²) in [4.78, 5) is 38.7. The number of esters is 1. The topological polar surface area (TPSA) is 98.7 Å². The predicted molar refractivity (Wildman–Crippen MR) is 147 cm³/mol. The second-order valence-electron chi connectivity index (χ2n) is 10.5. The molecule has 230 valence electrons. The van der Waals surface area contributed by atoms with Gasteiger partial charge in [0.25, 0.3) is 11.5 Å². The summed E-state index contributed by atoms with van der Waals surface area (Å²) in [6.07, 6.45) is -5.05. The van der Waals surface area contributed by atoms with Crippen molar-refractivity contribution in [3.05, 3.63) is 85.8 Å². The molecule has 8 nitrogen and oxygen atoms in total. The molecule has 0 saturated heterocycles. The second-order valence-corrected chi connectivity index (χ2v) is 10.5. The Hall–Kier alpha value is -4.26. The van der Waals surface area contributed by atoms with Crippen molar-refractivity contribution in [3.8, 4) is 11.1 Å². The summed E-state index contributed by atoms with van der Waals surface area (Å²) in [5.41, 5.74) is -1.93. The van der Waals surface area contributed by atoms with E-state index in [0.717, 1.165) is 29.9 Å². The molecule has 0 bridgehead atoms. The minimum absolute atomic E-state index is 0.0297. The van der Waals surface area contributed by atoms with Crippen LogP contribution in [0.25, 0.3) is 11.1 Å². The van der Waals surface area contributed by atoms with Crippen LogP contribution in [0.3, 0.4) is 0 Å². The van der Waals surface area contributed by atoms with Gasteiger partial charge in [0.05, 0.1) is 31.5 Å². The molecule has 0 radical (unpaired) electrons. The first-order chi connectivity index (χ1) is 20.1. The standard InChI is InChI=1S/C30H30F5N3O5/c1-14(2)36-17-10-22(31)26(23(32)11-17)27(39)37-24(29(41)42-5)9-16-6-7-18(20-13-43-12-19(16)20)25-21(30(33,34)35)8-15(3)38(4)28(25)40/h6-8,10-11,14,24,36H,9,12-13H2,1-5H3,(H,37,39)/t24-/m0/s1. The molecular formula is C30H30F5N3O5. The number of amides is 1. The van der Waals surface area contributed by atoms with Crippen LogP contribution in [0.1, 0.15) is 52.2 Å². The van der Waals surface area contributed by atoms with Gasteiger partial charge in [0, 0.05) is 30.9 Å². The number of benzene rings is 2. The first kappa shape index (κ1) is 31.7. The van der Waals surface area contributed by atoms with Crippen LogP contribution < -0.4 is 16.2 Å². The monoisotopic (exact) mass is 607 g/mol. The lowest BCUT2D eigenvalue weighted by atomic mass is 9.89. The zero-order valence-corrected chi connectivity index (χ0v) is 24.0. The molecule has 1 atom stereocenters. The minimum atomic E-state index is -4.81. The van der Waals surface area contributed by atoms with Crippen LogP contribution in [0.4, 0.5) is 27.6 Å². The van der Waals surface area contributed by atoms with Crippen molar-refractivity contribution in [2.45, 2.75) is 58.7 Å². The molecule has 1 amide bonds. The van der Waals surface area contributed by atoms with E-state index in [4.69, 9.17) is 9.47 Å². The van der Waals surface area contributed by atoms with E-state index in [1.807, 2.05) is 0 Å². The Morgan fingerprint density at radius 2 is 1.70 bits per heavy atom. The van der Waals surface area contributed by atoms with E-state index >= 15 is 0 Å². The highest BCUT2D eigenvalue weighted by atomic mass is 19.4. The van der Waals surface area contributed by atoms with Gasteiger partial charge in [-0.05, 0) is 61.2 Å². The summed E-state index contributed by atoms with van der Waals surface area (Å²) in [6.45, 7) is 4.78. The van der Waals surface area contributed by atoms with Crippen molar-refractivity contribution >= 4 is 17.6 Å². The zero-order chi connectivity index (χ0) is 31.8. The SMILES string of the molecule is COC(=O)[C@H](Cc1ccc(-c2c(C(F)(F)F)cc(C)n(C)c2=O)c2c1COC2)NC(=O)c1c(F)cc(NC(C)C)cc1F. The largest absolute Gasteiger partial charge is 0.467 e. The van der Waals surface area contributed by atoms with E-state index < -0.39 is 58.0 Å². The van der Waals surface area contributed by atoms with Crippen molar-refractivity contribution in [3.63, 3.8) is 0 Å². The molecule has 0 fully saturated rings. The van der Waals surface area contributed by atoms with E-state index in [1.54, 1.807) is 13.8 Å². The normalized spacial score (nSPS) is 13.6. The van der Waals surface area contributed by atoms with Gasteiger partial charge in [-0.3, -0.25) is 9.59 Å². The number of ether oxygens (including phenoxy) is 2. The Kier molecular flexibility index (Phi) is 8.95. The fraction of sp³-hybridized carbons (Fsp3) is 0.367. The third kappa shape index (κ3) is 6.41. The minimum Gasteiger partial charge on any atom is -0.467 e. The number of methoxy groups -OCH3 is 1. The van der Waals surface area contributed by atoms with Gasteiger partial charge in [0.1, 0.15) is 23.2 Å². The number of hydrogen-bond donors (Lipinski definition) is 2. The van der Waals surface area contributed by atoms with E-state index in [0.29, 0.717) is 16.7 Å². The second kappa shape index (κ2) is 12.2. The molecule has 0 unspecified atom stereocenters. The van der Waals surface area contributed by atoms with E-state index in [1.165, 1.54) is 26.1 Å². The fourth-order valence-electron chi connectivity index (χ4n) is 5.06. The summed E-state index contributed by atoms with van der Waals surface area (Å²) in [5.74, 6) is -4.43. The average molecular weight is 608 g/mol. The van der Waals surface area contributed by atoms with Crippen LogP contribution in [-0.4, -0.2) is 35.6 Å². The van der Waals surface area contributed by atoms with Crippen LogP contribution >= 0.6 is 0 Å². The first-order valence-corrected chi connectivity index (χ1v) is 13.3. The lowest BCUT2D eigenvalue weighted by Crippen LogP contribution is -2.43. The summed E-state index contributed by atoms with van der Waals surface area (Å²) in [7, 11) is 2.44. The molecule has 0 saturated carbocycles. The number of nitrogens with zero attached hydrogens (tertiary/aromatic N) is 1. The Morgan fingerprint density at radius 3 is 2.28 bits per heavy atom. The van der Waals surface area contributed by atoms with E-state index in [-0.39, 0.29) is 42.6 Å². The maximum absolute atomic E-state index is 14.8. The van der Waals surface area contributed by atoms with Gasteiger partial charge in [0.15, 0.2) is 0 Å². The molecule has 2 N–H and O–H groups in total. The number of halogens is 5. The van der Waals surface area contributed by atoms with Crippen molar-refractivity contribution in [2.24, 2.45) is 7.05 Å². The van der Waals surface area contributed by atoms with Crippen LogP contribution in [0, 0.1) is 18.6 Å². The number of carbonyl (C=O) groups excluding carboxylic acids is 2. The number of alkyl halides is 3. The van der Waals surface area contributed by atoms with Crippen LogP contribution in [-0.2, 0) is 47.1 Å². The third-order valence-electron chi connectivity index (χ3n) is 7.21. The Bertz CT molecular complexity index is 1630. The summed E-state index contributed by atoms with van der Waals surface area (Å²) < 4.78 is 83.1. The number of aryl methyl sites for hydroxylation is 1. The molecule has 0 aliphatic carbocycles. The first-order valence-electron chi connectivity index (χ1n) is 13.3. The highest BCUT2D eigenvalue weighted by Gasteiger charge is 2.37. The quantitative estimate of drug-likeness (QED) is 0.276. The number of anilines is 1. The molecule has 13 heteroatoms. The predicted octanol–water partition coefficient (Wildman–Crippen LogP) is 5.02. The van der Waals surface area contributed by atoms with Crippen molar-refractivity contribution < 1.29 is 41.0 Å². The van der Waals surface area contributed by atoms with Gasteiger partial charge in [0.2, 0.25) is 0 Å². The molecule has 1 aliphatic heterocycles.